The Balaban J connectivity index is 0.00000144. The molecule has 4 heteroatoms. The quantitative estimate of drug-likeness (QED) is 0.753. The van der Waals surface area contributed by atoms with Crippen molar-refractivity contribution in [2.75, 3.05) is 0 Å². The van der Waals surface area contributed by atoms with Crippen LogP contribution in [-0.2, 0) is 5.54 Å². The summed E-state index contributed by atoms with van der Waals surface area (Å²) in [6.45, 7) is 3.39. The van der Waals surface area contributed by atoms with E-state index in [4.69, 9.17) is 5.73 Å². The maximum Gasteiger partial charge on any atom is 0.126 e. The summed E-state index contributed by atoms with van der Waals surface area (Å²) in [5.74, 6) is -1.19. The average Bonchev–Trinajstić information content (AvgIpc) is 1.82. The fourth-order valence-corrected chi connectivity index (χ4v) is 0.926. The molecule has 0 bridgehead atoms. The van der Waals surface area contributed by atoms with E-state index in [1.54, 1.807) is 13.8 Å². The second-order valence-corrected chi connectivity index (χ2v) is 3.38. The van der Waals surface area contributed by atoms with Gasteiger partial charge in [-0.15, -0.1) is 12.4 Å². The van der Waals surface area contributed by atoms with Crippen LogP contribution in [0.15, 0.2) is 18.2 Å². The zero-order chi connectivity index (χ0) is 9.35. The number of benzene rings is 1. The van der Waals surface area contributed by atoms with Crippen LogP contribution in [0.5, 0.6) is 0 Å². The molecule has 1 aromatic carbocycles. The molecule has 0 aliphatic carbocycles. The molecule has 0 saturated carbocycles. The highest BCUT2D eigenvalue weighted by atomic mass is 35.5. The maximum absolute atomic E-state index is 12.7. The molecule has 0 radical (unpaired) electrons. The molecule has 0 aliphatic heterocycles. The van der Waals surface area contributed by atoms with Crippen molar-refractivity contribution in [2.24, 2.45) is 5.73 Å². The van der Waals surface area contributed by atoms with Gasteiger partial charge in [0.2, 0.25) is 0 Å². The van der Waals surface area contributed by atoms with Gasteiger partial charge in [-0.1, -0.05) is 0 Å². The van der Waals surface area contributed by atoms with Crippen LogP contribution in [-0.4, -0.2) is 0 Å². The van der Waals surface area contributed by atoms with Crippen molar-refractivity contribution < 1.29 is 8.78 Å². The second-order valence-electron chi connectivity index (χ2n) is 3.38. The monoisotopic (exact) mass is 207 g/mol. The summed E-state index contributed by atoms with van der Waals surface area (Å²) in [5.41, 5.74) is 5.41. The molecule has 0 amide bonds. The first-order chi connectivity index (χ1) is 5.39. The lowest BCUT2D eigenvalue weighted by molar-refractivity contribution is 0.526. The number of nitrogens with two attached hydrogens (primary N) is 1. The molecule has 0 unspecified atom stereocenters. The second kappa shape index (κ2) is 4.03. The van der Waals surface area contributed by atoms with Gasteiger partial charge in [-0.05, 0) is 31.5 Å². The zero-order valence-corrected chi connectivity index (χ0v) is 8.29. The van der Waals surface area contributed by atoms with E-state index < -0.39 is 17.2 Å². The van der Waals surface area contributed by atoms with Crippen LogP contribution >= 0.6 is 12.4 Å². The van der Waals surface area contributed by atoms with Crippen molar-refractivity contribution in [3.05, 3.63) is 35.4 Å². The third kappa shape index (κ3) is 3.28. The SMILES string of the molecule is CC(C)(N)c1cc(F)cc(F)c1.Cl. The standard InChI is InChI=1S/C9H11F2N.ClH/c1-9(2,12)6-3-7(10)5-8(11)4-6;/h3-5H,12H2,1-2H3;1H. The Bertz CT molecular complexity index is 274. The maximum atomic E-state index is 12.7. The van der Waals surface area contributed by atoms with Crippen molar-refractivity contribution in [3.63, 3.8) is 0 Å². The molecule has 0 spiro atoms. The third-order valence-electron chi connectivity index (χ3n) is 1.61. The van der Waals surface area contributed by atoms with Crippen LogP contribution in [0, 0.1) is 11.6 Å². The number of hydrogen-bond acceptors (Lipinski definition) is 1. The van der Waals surface area contributed by atoms with Crippen LogP contribution in [0.25, 0.3) is 0 Å². The average molecular weight is 208 g/mol. The Morgan fingerprint density at radius 2 is 1.46 bits per heavy atom. The van der Waals surface area contributed by atoms with Gasteiger partial charge in [-0.25, -0.2) is 8.78 Å². The van der Waals surface area contributed by atoms with E-state index in [1.807, 2.05) is 0 Å². The van der Waals surface area contributed by atoms with Crippen molar-refractivity contribution in [1.82, 2.24) is 0 Å². The molecule has 13 heavy (non-hydrogen) atoms. The first-order valence-electron chi connectivity index (χ1n) is 3.65. The molecule has 0 fully saturated rings. The highest BCUT2D eigenvalue weighted by Gasteiger charge is 2.15. The van der Waals surface area contributed by atoms with Crippen LogP contribution in [0.1, 0.15) is 19.4 Å². The van der Waals surface area contributed by atoms with Gasteiger partial charge in [0, 0.05) is 11.6 Å². The van der Waals surface area contributed by atoms with E-state index in [1.165, 1.54) is 12.1 Å². The van der Waals surface area contributed by atoms with Crippen LogP contribution in [0.2, 0.25) is 0 Å². The van der Waals surface area contributed by atoms with E-state index in [-0.39, 0.29) is 12.4 Å². The highest BCUT2D eigenvalue weighted by molar-refractivity contribution is 5.85. The van der Waals surface area contributed by atoms with Crippen molar-refractivity contribution in [3.8, 4) is 0 Å². The Labute approximate surface area is 82.4 Å². The molecule has 0 heterocycles. The van der Waals surface area contributed by atoms with Gasteiger partial charge in [0.15, 0.2) is 0 Å². The van der Waals surface area contributed by atoms with Crippen LogP contribution in [0.4, 0.5) is 8.78 Å². The van der Waals surface area contributed by atoms with Gasteiger partial charge in [0.25, 0.3) is 0 Å². The van der Waals surface area contributed by atoms with Crippen molar-refractivity contribution >= 4 is 12.4 Å². The molecule has 74 valence electrons. The highest BCUT2D eigenvalue weighted by Crippen LogP contribution is 2.18. The van der Waals surface area contributed by atoms with Gasteiger partial charge < -0.3 is 5.73 Å². The Hall–Kier alpha value is -0.670. The van der Waals surface area contributed by atoms with Crippen molar-refractivity contribution in [2.45, 2.75) is 19.4 Å². The largest absolute Gasteiger partial charge is 0.322 e. The topological polar surface area (TPSA) is 26.0 Å². The minimum atomic E-state index is -0.705. The number of hydrogen-bond donors (Lipinski definition) is 1. The predicted octanol–water partition coefficient (Wildman–Crippen LogP) is 2.58. The molecule has 1 aromatic rings. The summed E-state index contributed by atoms with van der Waals surface area (Å²) >= 11 is 0. The van der Waals surface area contributed by atoms with E-state index in [2.05, 4.69) is 0 Å². The van der Waals surface area contributed by atoms with Crippen LogP contribution in [0.3, 0.4) is 0 Å². The molecule has 0 aliphatic rings. The van der Waals surface area contributed by atoms with Crippen molar-refractivity contribution in [1.29, 1.82) is 0 Å². The summed E-state index contributed by atoms with van der Waals surface area (Å²) in [7, 11) is 0. The summed E-state index contributed by atoms with van der Waals surface area (Å²) in [4.78, 5) is 0. The van der Waals surface area contributed by atoms with E-state index >= 15 is 0 Å². The van der Waals surface area contributed by atoms with Gasteiger partial charge in [0.05, 0.1) is 0 Å². The van der Waals surface area contributed by atoms with E-state index in [0.29, 0.717) is 5.56 Å². The summed E-state index contributed by atoms with van der Waals surface area (Å²) < 4.78 is 25.3. The molecule has 1 nitrogen and oxygen atoms in total. The fourth-order valence-electron chi connectivity index (χ4n) is 0.926. The molecular formula is C9H12ClF2N. The van der Waals surface area contributed by atoms with E-state index in [9.17, 15) is 8.78 Å². The lowest BCUT2D eigenvalue weighted by Gasteiger charge is -2.18. The van der Waals surface area contributed by atoms with Gasteiger partial charge >= 0.3 is 0 Å². The fraction of sp³-hybridized carbons (Fsp3) is 0.333. The molecule has 0 atom stereocenters. The molecule has 1 rings (SSSR count). The molecular weight excluding hydrogens is 196 g/mol. The lowest BCUT2D eigenvalue weighted by Crippen LogP contribution is -2.28. The first-order valence-corrected chi connectivity index (χ1v) is 3.65. The van der Waals surface area contributed by atoms with Gasteiger partial charge in [0.1, 0.15) is 11.6 Å². The number of halogens is 3. The summed E-state index contributed by atoms with van der Waals surface area (Å²) in [5, 5.41) is 0. The summed E-state index contributed by atoms with van der Waals surface area (Å²) in [6.07, 6.45) is 0. The predicted molar refractivity (Wildman–Crippen MR) is 50.8 cm³/mol. The summed E-state index contributed by atoms with van der Waals surface area (Å²) in [6, 6.07) is 3.31. The molecule has 0 saturated heterocycles. The van der Waals surface area contributed by atoms with Gasteiger partial charge in [-0.3, -0.25) is 0 Å². The van der Waals surface area contributed by atoms with E-state index in [0.717, 1.165) is 6.07 Å². The van der Waals surface area contributed by atoms with Gasteiger partial charge in [-0.2, -0.15) is 0 Å². The third-order valence-corrected chi connectivity index (χ3v) is 1.61. The normalized spacial score (nSPS) is 10.8. The Morgan fingerprint density at radius 3 is 1.77 bits per heavy atom. The lowest BCUT2D eigenvalue weighted by atomic mass is 9.96. The van der Waals surface area contributed by atoms with Crippen LogP contribution < -0.4 is 5.73 Å². The minimum Gasteiger partial charge on any atom is -0.322 e. The first kappa shape index (κ1) is 12.3. The molecule has 2 N–H and O–H groups in total. The Morgan fingerprint density at radius 1 is 1.08 bits per heavy atom. The smallest absolute Gasteiger partial charge is 0.126 e. The minimum absolute atomic E-state index is 0. The zero-order valence-electron chi connectivity index (χ0n) is 7.47. The Kier molecular flexibility index (Phi) is 3.82. The molecule has 0 aromatic heterocycles. The number of rotatable bonds is 1.